The summed E-state index contributed by atoms with van der Waals surface area (Å²) < 4.78 is 12.2. The van der Waals surface area contributed by atoms with Gasteiger partial charge in [-0.1, -0.05) is 12.1 Å². The van der Waals surface area contributed by atoms with Crippen molar-refractivity contribution in [2.24, 2.45) is 0 Å². The Morgan fingerprint density at radius 1 is 1.05 bits per heavy atom. The molecule has 3 nitrogen and oxygen atoms in total. The quantitative estimate of drug-likeness (QED) is 0.915. The molecule has 2 aromatic rings. The maximum Gasteiger partial charge on any atom is 0.161 e. The Morgan fingerprint density at radius 2 is 1.85 bits per heavy atom. The van der Waals surface area contributed by atoms with Gasteiger partial charge in [-0.2, -0.15) is 0 Å². The molecule has 0 amide bonds. The normalized spacial score (nSPS) is 13.1. The third-order valence-corrected chi connectivity index (χ3v) is 3.90. The number of rotatable bonds is 3. The van der Waals surface area contributed by atoms with Crippen LogP contribution < -0.4 is 14.8 Å². The van der Waals surface area contributed by atoms with E-state index in [2.05, 4.69) is 52.4 Å². The fraction of sp³-hybridized carbons (Fsp3) is 0.250. The molecule has 0 fully saturated rings. The Morgan fingerprint density at radius 3 is 2.70 bits per heavy atom. The van der Waals surface area contributed by atoms with Gasteiger partial charge in [0, 0.05) is 16.7 Å². The maximum absolute atomic E-state index is 5.60. The molecule has 0 saturated heterocycles. The van der Waals surface area contributed by atoms with Crippen molar-refractivity contribution in [1.82, 2.24) is 0 Å². The largest absolute Gasteiger partial charge is 0.486 e. The molecular formula is C16H16BrNO2. The summed E-state index contributed by atoms with van der Waals surface area (Å²) in [6.45, 7) is 4.08. The standard InChI is InChI=1S/C16H16BrNO2/c1-11-2-4-13(17)14(8-11)18-10-12-3-5-15-16(9-12)20-7-6-19-15/h2-5,8-9,18H,6-7,10H2,1H3. The fourth-order valence-corrected chi connectivity index (χ4v) is 2.56. The van der Waals surface area contributed by atoms with E-state index < -0.39 is 0 Å². The molecule has 0 unspecified atom stereocenters. The lowest BCUT2D eigenvalue weighted by atomic mass is 10.1. The molecule has 0 radical (unpaired) electrons. The molecule has 0 aromatic heterocycles. The first-order valence-electron chi connectivity index (χ1n) is 6.61. The first-order valence-corrected chi connectivity index (χ1v) is 7.40. The average Bonchev–Trinajstić information content (AvgIpc) is 2.48. The highest BCUT2D eigenvalue weighted by Crippen LogP contribution is 2.31. The van der Waals surface area contributed by atoms with Gasteiger partial charge < -0.3 is 14.8 Å². The lowest BCUT2D eigenvalue weighted by Crippen LogP contribution is -2.15. The van der Waals surface area contributed by atoms with Crippen molar-refractivity contribution in [2.45, 2.75) is 13.5 Å². The van der Waals surface area contributed by atoms with Crippen LogP contribution >= 0.6 is 15.9 Å². The summed E-state index contributed by atoms with van der Waals surface area (Å²) in [6.07, 6.45) is 0. The van der Waals surface area contributed by atoms with Gasteiger partial charge in [-0.05, 0) is 58.2 Å². The van der Waals surface area contributed by atoms with Crippen molar-refractivity contribution in [3.05, 3.63) is 52.0 Å². The molecule has 0 bridgehead atoms. The SMILES string of the molecule is Cc1ccc(Br)c(NCc2ccc3c(c2)OCCO3)c1. The van der Waals surface area contributed by atoms with Gasteiger partial charge in [0.25, 0.3) is 0 Å². The van der Waals surface area contributed by atoms with E-state index in [-0.39, 0.29) is 0 Å². The highest BCUT2D eigenvalue weighted by molar-refractivity contribution is 9.10. The minimum atomic E-state index is 0.618. The smallest absolute Gasteiger partial charge is 0.161 e. The summed E-state index contributed by atoms with van der Waals surface area (Å²) >= 11 is 3.56. The van der Waals surface area contributed by atoms with Crippen LogP contribution in [0.5, 0.6) is 11.5 Å². The van der Waals surface area contributed by atoms with Crippen molar-refractivity contribution in [3.63, 3.8) is 0 Å². The van der Waals surface area contributed by atoms with Gasteiger partial charge in [-0.15, -0.1) is 0 Å². The van der Waals surface area contributed by atoms with Crippen molar-refractivity contribution < 1.29 is 9.47 Å². The van der Waals surface area contributed by atoms with E-state index in [9.17, 15) is 0 Å². The van der Waals surface area contributed by atoms with E-state index in [1.165, 1.54) is 11.1 Å². The Labute approximate surface area is 127 Å². The number of nitrogens with one attached hydrogen (secondary N) is 1. The second kappa shape index (κ2) is 5.75. The molecule has 104 valence electrons. The van der Waals surface area contributed by atoms with E-state index in [0.717, 1.165) is 28.2 Å². The van der Waals surface area contributed by atoms with Crippen LogP contribution in [0.3, 0.4) is 0 Å². The third-order valence-electron chi connectivity index (χ3n) is 3.21. The molecule has 0 spiro atoms. The highest BCUT2D eigenvalue weighted by atomic mass is 79.9. The second-order valence-corrected chi connectivity index (χ2v) is 5.67. The Bertz CT molecular complexity index is 628. The molecule has 20 heavy (non-hydrogen) atoms. The zero-order valence-electron chi connectivity index (χ0n) is 11.3. The summed E-state index contributed by atoms with van der Waals surface area (Å²) in [4.78, 5) is 0. The number of anilines is 1. The van der Waals surface area contributed by atoms with Crippen LogP contribution in [-0.4, -0.2) is 13.2 Å². The number of aryl methyl sites for hydroxylation is 1. The molecule has 1 aliphatic rings. The molecule has 0 aliphatic carbocycles. The van der Waals surface area contributed by atoms with Crippen LogP contribution in [0.1, 0.15) is 11.1 Å². The zero-order valence-corrected chi connectivity index (χ0v) is 12.9. The number of fused-ring (bicyclic) bond motifs is 1. The van der Waals surface area contributed by atoms with Crippen LogP contribution in [0.25, 0.3) is 0 Å². The van der Waals surface area contributed by atoms with Gasteiger partial charge in [0.15, 0.2) is 11.5 Å². The lowest BCUT2D eigenvalue weighted by molar-refractivity contribution is 0.171. The number of halogens is 1. The molecule has 2 aromatic carbocycles. The summed E-state index contributed by atoms with van der Waals surface area (Å²) in [5.41, 5.74) is 3.50. The summed E-state index contributed by atoms with van der Waals surface area (Å²) in [6, 6.07) is 12.3. The average molecular weight is 334 g/mol. The lowest BCUT2D eigenvalue weighted by Gasteiger charge is -2.19. The van der Waals surface area contributed by atoms with Crippen molar-refractivity contribution in [3.8, 4) is 11.5 Å². The third kappa shape index (κ3) is 2.90. The van der Waals surface area contributed by atoms with Gasteiger partial charge in [0.1, 0.15) is 13.2 Å². The zero-order chi connectivity index (χ0) is 13.9. The molecule has 1 N–H and O–H groups in total. The van der Waals surface area contributed by atoms with Crippen molar-refractivity contribution in [2.75, 3.05) is 18.5 Å². The molecule has 0 atom stereocenters. The van der Waals surface area contributed by atoms with E-state index >= 15 is 0 Å². The first-order chi connectivity index (χ1) is 9.72. The minimum absolute atomic E-state index is 0.618. The molecule has 1 heterocycles. The maximum atomic E-state index is 5.60. The molecular weight excluding hydrogens is 318 g/mol. The van der Waals surface area contributed by atoms with Gasteiger partial charge in [-0.3, -0.25) is 0 Å². The Hall–Kier alpha value is -1.68. The van der Waals surface area contributed by atoms with Crippen LogP contribution in [0.4, 0.5) is 5.69 Å². The van der Waals surface area contributed by atoms with Crippen LogP contribution in [0.15, 0.2) is 40.9 Å². The topological polar surface area (TPSA) is 30.5 Å². The monoisotopic (exact) mass is 333 g/mol. The highest BCUT2D eigenvalue weighted by Gasteiger charge is 2.11. The van der Waals surface area contributed by atoms with Gasteiger partial charge in [0.05, 0.1) is 0 Å². The van der Waals surface area contributed by atoms with E-state index in [4.69, 9.17) is 9.47 Å². The molecule has 0 saturated carbocycles. The van der Waals surface area contributed by atoms with E-state index in [1.54, 1.807) is 0 Å². The number of hydrogen-bond donors (Lipinski definition) is 1. The van der Waals surface area contributed by atoms with Crippen molar-refractivity contribution >= 4 is 21.6 Å². The molecule has 1 aliphatic heterocycles. The number of ether oxygens (including phenoxy) is 2. The predicted molar refractivity (Wildman–Crippen MR) is 83.6 cm³/mol. The fourth-order valence-electron chi connectivity index (χ4n) is 2.17. The van der Waals surface area contributed by atoms with Gasteiger partial charge >= 0.3 is 0 Å². The van der Waals surface area contributed by atoms with Gasteiger partial charge in [-0.25, -0.2) is 0 Å². The summed E-state index contributed by atoms with van der Waals surface area (Å²) in [7, 11) is 0. The number of hydrogen-bond acceptors (Lipinski definition) is 3. The van der Waals surface area contributed by atoms with Crippen molar-refractivity contribution in [1.29, 1.82) is 0 Å². The first kappa shape index (κ1) is 13.3. The summed E-state index contributed by atoms with van der Waals surface area (Å²) in [5.74, 6) is 1.66. The molecule has 3 rings (SSSR count). The molecule has 4 heteroatoms. The van der Waals surface area contributed by atoms with E-state index in [0.29, 0.717) is 13.2 Å². The summed E-state index contributed by atoms with van der Waals surface area (Å²) in [5, 5.41) is 3.43. The van der Waals surface area contributed by atoms with E-state index in [1.807, 2.05) is 12.1 Å². The second-order valence-electron chi connectivity index (χ2n) is 4.81. The Balaban J connectivity index is 1.73. The van der Waals surface area contributed by atoms with Crippen LogP contribution in [0, 0.1) is 6.92 Å². The Kier molecular flexibility index (Phi) is 3.83. The minimum Gasteiger partial charge on any atom is -0.486 e. The van der Waals surface area contributed by atoms with Gasteiger partial charge in [0.2, 0.25) is 0 Å². The van der Waals surface area contributed by atoms with Crippen LogP contribution in [0.2, 0.25) is 0 Å². The van der Waals surface area contributed by atoms with Crippen LogP contribution in [-0.2, 0) is 6.54 Å². The number of benzene rings is 2. The predicted octanol–water partition coefficient (Wildman–Crippen LogP) is 4.14.